The second-order valence-electron chi connectivity index (χ2n) is 7.49. The van der Waals surface area contributed by atoms with Gasteiger partial charge in [-0.05, 0) is 72.8 Å². The summed E-state index contributed by atoms with van der Waals surface area (Å²) in [6.07, 6.45) is 0. The van der Waals surface area contributed by atoms with Gasteiger partial charge in [-0.25, -0.2) is 0 Å². The summed E-state index contributed by atoms with van der Waals surface area (Å²) in [6, 6.07) is 15.2. The van der Waals surface area contributed by atoms with E-state index in [2.05, 4.69) is 94.6 Å². The van der Waals surface area contributed by atoms with Gasteiger partial charge in [-0.3, -0.25) is 0 Å². The molecule has 0 spiro atoms. The smallest absolute Gasteiger partial charge is 0.171 e. The van der Waals surface area contributed by atoms with Crippen molar-refractivity contribution in [3.8, 4) is 0 Å². The van der Waals surface area contributed by atoms with Gasteiger partial charge in [0, 0.05) is 5.69 Å². The van der Waals surface area contributed by atoms with E-state index < -0.39 is 0 Å². The Labute approximate surface area is 151 Å². The monoisotopic (exact) mass is 340 g/mol. The Morgan fingerprint density at radius 3 is 2.12 bits per heavy atom. The van der Waals surface area contributed by atoms with Crippen molar-refractivity contribution in [2.24, 2.45) is 0 Å². The molecule has 0 aliphatic heterocycles. The second kappa shape index (κ2) is 7.35. The first-order valence-corrected chi connectivity index (χ1v) is 8.83. The van der Waals surface area contributed by atoms with Crippen LogP contribution in [0.25, 0.3) is 0 Å². The summed E-state index contributed by atoms with van der Waals surface area (Å²) in [7, 11) is 0. The van der Waals surface area contributed by atoms with Crippen LogP contribution in [-0.4, -0.2) is 5.11 Å². The number of aryl methyl sites for hydroxylation is 2. The number of hydrogen-bond acceptors (Lipinski definition) is 1. The van der Waals surface area contributed by atoms with Crippen molar-refractivity contribution in [3.05, 3.63) is 64.7 Å². The largest absolute Gasteiger partial charge is 0.356 e. The van der Waals surface area contributed by atoms with Gasteiger partial charge in [-0.15, -0.1) is 0 Å². The van der Waals surface area contributed by atoms with Crippen LogP contribution in [0.4, 0.5) is 5.69 Å². The van der Waals surface area contributed by atoms with Gasteiger partial charge < -0.3 is 10.6 Å². The zero-order chi connectivity index (χ0) is 17.9. The van der Waals surface area contributed by atoms with Crippen molar-refractivity contribution in [2.75, 3.05) is 5.32 Å². The van der Waals surface area contributed by atoms with E-state index in [0.29, 0.717) is 5.11 Å². The summed E-state index contributed by atoms with van der Waals surface area (Å²) in [6.45, 7) is 13.0. The molecule has 0 amide bonds. The van der Waals surface area contributed by atoms with Gasteiger partial charge in [-0.2, -0.15) is 0 Å². The molecule has 0 saturated heterocycles. The van der Waals surface area contributed by atoms with Crippen molar-refractivity contribution in [1.29, 1.82) is 0 Å². The van der Waals surface area contributed by atoms with Gasteiger partial charge in [0.2, 0.25) is 0 Å². The van der Waals surface area contributed by atoms with Gasteiger partial charge in [0.05, 0.1) is 6.04 Å². The van der Waals surface area contributed by atoms with Crippen molar-refractivity contribution in [2.45, 2.75) is 53.0 Å². The molecule has 0 fully saturated rings. The molecule has 128 valence electrons. The molecule has 0 bridgehead atoms. The molecule has 0 unspecified atom stereocenters. The third-order valence-electron chi connectivity index (χ3n) is 4.39. The second-order valence-corrected chi connectivity index (χ2v) is 7.90. The average molecular weight is 341 g/mol. The molecule has 2 N–H and O–H groups in total. The van der Waals surface area contributed by atoms with E-state index in [4.69, 9.17) is 12.2 Å². The van der Waals surface area contributed by atoms with E-state index in [0.717, 1.165) is 5.69 Å². The molecule has 0 radical (unpaired) electrons. The Bertz CT molecular complexity index is 712. The summed E-state index contributed by atoms with van der Waals surface area (Å²) in [5, 5.41) is 7.27. The molecule has 2 aromatic rings. The van der Waals surface area contributed by atoms with E-state index >= 15 is 0 Å². The number of hydrogen-bond donors (Lipinski definition) is 2. The Kier molecular flexibility index (Phi) is 5.66. The molecular formula is C21H28N2S. The van der Waals surface area contributed by atoms with Gasteiger partial charge in [0.1, 0.15) is 0 Å². The third-order valence-corrected chi connectivity index (χ3v) is 4.61. The molecule has 0 aliphatic rings. The number of nitrogens with one attached hydrogen (secondary N) is 2. The van der Waals surface area contributed by atoms with Gasteiger partial charge in [0.15, 0.2) is 5.11 Å². The van der Waals surface area contributed by atoms with Crippen LogP contribution in [0.5, 0.6) is 0 Å². The van der Waals surface area contributed by atoms with Crippen molar-refractivity contribution in [3.63, 3.8) is 0 Å². The van der Waals surface area contributed by atoms with Gasteiger partial charge in [0.25, 0.3) is 0 Å². The highest BCUT2D eigenvalue weighted by Crippen LogP contribution is 2.24. The van der Waals surface area contributed by atoms with Crippen LogP contribution in [-0.2, 0) is 5.41 Å². The van der Waals surface area contributed by atoms with E-state index in [1.165, 1.54) is 22.3 Å². The number of benzene rings is 2. The third kappa shape index (κ3) is 4.81. The predicted octanol–water partition coefficient (Wildman–Crippen LogP) is 5.65. The Balaban J connectivity index is 1.99. The Hall–Kier alpha value is -1.87. The average Bonchev–Trinajstić information content (AvgIpc) is 2.50. The van der Waals surface area contributed by atoms with E-state index in [-0.39, 0.29) is 11.5 Å². The highest BCUT2D eigenvalue weighted by Gasteiger charge is 2.14. The van der Waals surface area contributed by atoms with Gasteiger partial charge >= 0.3 is 0 Å². The maximum atomic E-state index is 5.45. The van der Waals surface area contributed by atoms with Crippen LogP contribution in [0, 0.1) is 13.8 Å². The normalized spacial score (nSPS) is 12.6. The van der Waals surface area contributed by atoms with Gasteiger partial charge in [-0.1, -0.05) is 51.1 Å². The minimum absolute atomic E-state index is 0.158. The molecule has 3 heteroatoms. The summed E-state index contributed by atoms with van der Waals surface area (Å²) in [5.41, 5.74) is 6.31. The van der Waals surface area contributed by atoms with E-state index in [1.807, 2.05) is 0 Å². The first kappa shape index (κ1) is 18.5. The lowest BCUT2D eigenvalue weighted by Crippen LogP contribution is -2.31. The standard InChI is InChI=1S/C21H28N2S/c1-14-7-12-19(13-15(14)2)23-20(24)22-16(3)17-8-10-18(11-9-17)21(4,5)6/h7-13,16H,1-6H3,(H2,22,23,24)/t16-/m0/s1. The minimum Gasteiger partial charge on any atom is -0.356 e. The lowest BCUT2D eigenvalue weighted by atomic mass is 9.86. The summed E-state index contributed by atoms with van der Waals surface area (Å²) in [4.78, 5) is 0. The fourth-order valence-corrected chi connectivity index (χ4v) is 2.83. The van der Waals surface area contributed by atoms with E-state index in [1.54, 1.807) is 0 Å². The highest BCUT2D eigenvalue weighted by atomic mass is 32.1. The van der Waals surface area contributed by atoms with Crippen molar-refractivity contribution < 1.29 is 0 Å². The lowest BCUT2D eigenvalue weighted by molar-refractivity contribution is 0.589. The van der Waals surface area contributed by atoms with Crippen LogP contribution in [0.2, 0.25) is 0 Å². The Morgan fingerprint density at radius 1 is 0.958 bits per heavy atom. The highest BCUT2D eigenvalue weighted by molar-refractivity contribution is 7.80. The summed E-state index contributed by atoms with van der Waals surface area (Å²) < 4.78 is 0. The molecule has 0 saturated carbocycles. The maximum absolute atomic E-state index is 5.45. The number of anilines is 1. The first-order chi connectivity index (χ1) is 11.2. The SMILES string of the molecule is Cc1ccc(NC(=S)N[C@@H](C)c2ccc(C(C)(C)C)cc2)cc1C. The van der Waals surface area contributed by atoms with Crippen LogP contribution < -0.4 is 10.6 Å². The first-order valence-electron chi connectivity index (χ1n) is 8.42. The summed E-state index contributed by atoms with van der Waals surface area (Å²) in [5.74, 6) is 0. The minimum atomic E-state index is 0.158. The van der Waals surface area contributed by atoms with Crippen LogP contribution in [0.15, 0.2) is 42.5 Å². The van der Waals surface area contributed by atoms with E-state index in [9.17, 15) is 0 Å². The van der Waals surface area contributed by atoms with Crippen LogP contribution in [0.1, 0.15) is 56.0 Å². The molecule has 1 atom stereocenters. The Morgan fingerprint density at radius 2 is 1.58 bits per heavy atom. The molecule has 2 aromatic carbocycles. The fraction of sp³-hybridized carbons (Fsp3) is 0.381. The molecule has 0 heterocycles. The molecular weight excluding hydrogens is 312 g/mol. The van der Waals surface area contributed by atoms with Crippen LogP contribution in [0.3, 0.4) is 0 Å². The molecule has 0 aliphatic carbocycles. The van der Waals surface area contributed by atoms with Crippen molar-refractivity contribution in [1.82, 2.24) is 5.32 Å². The van der Waals surface area contributed by atoms with Crippen molar-refractivity contribution >= 4 is 23.0 Å². The fourth-order valence-electron chi connectivity index (χ4n) is 2.54. The topological polar surface area (TPSA) is 24.1 Å². The quantitative estimate of drug-likeness (QED) is 0.706. The molecule has 2 rings (SSSR count). The predicted molar refractivity (Wildman–Crippen MR) is 109 cm³/mol. The van der Waals surface area contributed by atoms with Crippen LogP contribution >= 0.6 is 12.2 Å². The number of rotatable bonds is 3. The maximum Gasteiger partial charge on any atom is 0.171 e. The molecule has 2 nitrogen and oxygen atoms in total. The molecule has 0 aromatic heterocycles. The molecule has 24 heavy (non-hydrogen) atoms. The summed E-state index contributed by atoms with van der Waals surface area (Å²) >= 11 is 5.45. The zero-order valence-corrected chi connectivity index (χ0v) is 16.3. The lowest BCUT2D eigenvalue weighted by Gasteiger charge is -2.21. The number of thiocarbonyl (C=S) groups is 1. The zero-order valence-electron chi connectivity index (χ0n) is 15.5.